The van der Waals surface area contributed by atoms with Crippen LogP contribution in [0, 0.1) is 3.57 Å². The molecule has 0 unspecified atom stereocenters. The van der Waals surface area contributed by atoms with E-state index in [1.165, 1.54) is 3.57 Å². The van der Waals surface area contributed by atoms with E-state index in [2.05, 4.69) is 32.9 Å². The molecular weight excluding hydrogens is 317 g/mol. The van der Waals surface area contributed by atoms with Gasteiger partial charge in [-0.1, -0.05) is 5.21 Å². The predicted octanol–water partition coefficient (Wildman–Crippen LogP) is 2.10. The number of halogens is 1. The van der Waals surface area contributed by atoms with Crippen molar-refractivity contribution in [2.75, 3.05) is 0 Å². The first-order valence-corrected chi connectivity index (χ1v) is 5.96. The van der Waals surface area contributed by atoms with Crippen molar-refractivity contribution in [1.29, 1.82) is 0 Å². The second kappa shape index (κ2) is 4.14. The Morgan fingerprint density at radius 1 is 1.25 bits per heavy atom. The topological polar surface area (TPSA) is 50.9 Å². The van der Waals surface area contributed by atoms with Crippen molar-refractivity contribution >= 4 is 22.6 Å². The molecule has 16 heavy (non-hydrogen) atoms. The Kier molecular flexibility index (Phi) is 2.98. The molecule has 1 aromatic heterocycles. The van der Waals surface area contributed by atoms with E-state index in [4.69, 9.17) is 0 Å². The fourth-order valence-corrected chi connectivity index (χ4v) is 1.62. The summed E-state index contributed by atoms with van der Waals surface area (Å²) in [6.45, 7) is 3.38. The Morgan fingerprint density at radius 2 is 1.88 bits per heavy atom. The van der Waals surface area contributed by atoms with Gasteiger partial charge in [0.15, 0.2) is 0 Å². The second-order valence-electron chi connectivity index (χ2n) is 4.08. The molecule has 0 spiro atoms. The summed E-state index contributed by atoms with van der Waals surface area (Å²) in [5.74, 6) is 0. The molecule has 0 fully saturated rings. The van der Waals surface area contributed by atoms with Crippen molar-refractivity contribution in [2.45, 2.75) is 19.4 Å². The third-order valence-electron chi connectivity index (χ3n) is 2.21. The van der Waals surface area contributed by atoms with Crippen molar-refractivity contribution in [2.24, 2.45) is 0 Å². The molecule has 0 aliphatic carbocycles. The number of aromatic nitrogens is 3. The number of hydrogen-bond donors (Lipinski definition) is 1. The van der Waals surface area contributed by atoms with Crippen molar-refractivity contribution in [3.8, 4) is 5.69 Å². The first-order valence-electron chi connectivity index (χ1n) is 4.88. The molecule has 84 valence electrons. The normalized spacial score (nSPS) is 11.8. The van der Waals surface area contributed by atoms with Crippen LogP contribution in [-0.2, 0) is 5.60 Å². The molecule has 5 heteroatoms. The summed E-state index contributed by atoms with van der Waals surface area (Å²) in [7, 11) is 0. The van der Waals surface area contributed by atoms with Gasteiger partial charge in [0.1, 0.15) is 11.3 Å². The summed E-state index contributed by atoms with van der Waals surface area (Å²) >= 11 is 2.25. The minimum absolute atomic E-state index is 0.561. The monoisotopic (exact) mass is 329 g/mol. The minimum atomic E-state index is -0.957. The van der Waals surface area contributed by atoms with E-state index in [0.29, 0.717) is 5.69 Å². The zero-order valence-electron chi connectivity index (χ0n) is 9.05. The summed E-state index contributed by atoms with van der Waals surface area (Å²) in [5.41, 5.74) is 0.538. The molecule has 1 N–H and O–H groups in total. The number of aliphatic hydroxyl groups is 1. The fraction of sp³-hybridized carbons (Fsp3) is 0.273. The quantitative estimate of drug-likeness (QED) is 0.859. The molecule has 4 nitrogen and oxygen atoms in total. The van der Waals surface area contributed by atoms with Crippen LogP contribution >= 0.6 is 22.6 Å². The van der Waals surface area contributed by atoms with Crippen LogP contribution in [0.3, 0.4) is 0 Å². The van der Waals surface area contributed by atoms with Crippen LogP contribution in [0.1, 0.15) is 19.5 Å². The number of rotatable bonds is 2. The van der Waals surface area contributed by atoms with Crippen molar-refractivity contribution in [3.05, 3.63) is 39.7 Å². The number of hydrogen-bond acceptors (Lipinski definition) is 3. The third-order valence-corrected chi connectivity index (χ3v) is 2.93. The molecule has 1 heterocycles. The van der Waals surface area contributed by atoms with Crippen LogP contribution in [0.15, 0.2) is 30.5 Å². The van der Waals surface area contributed by atoms with Crippen LogP contribution < -0.4 is 0 Å². The molecule has 0 atom stereocenters. The van der Waals surface area contributed by atoms with E-state index in [9.17, 15) is 5.11 Å². The Bertz CT molecular complexity index is 485. The molecule has 2 aromatic rings. The van der Waals surface area contributed by atoms with Gasteiger partial charge in [-0.05, 0) is 60.7 Å². The zero-order valence-corrected chi connectivity index (χ0v) is 11.2. The largest absolute Gasteiger partial charge is 0.384 e. The predicted molar refractivity (Wildman–Crippen MR) is 69.3 cm³/mol. The van der Waals surface area contributed by atoms with Crippen LogP contribution in [0.25, 0.3) is 5.69 Å². The van der Waals surface area contributed by atoms with Crippen molar-refractivity contribution in [3.63, 3.8) is 0 Å². The molecule has 0 radical (unpaired) electrons. The smallest absolute Gasteiger partial charge is 0.114 e. The first-order chi connectivity index (χ1) is 7.47. The van der Waals surface area contributed by atoms with Crippen LogP contribution in [-0.4, -0.2) is 20.1 Å². The lowest BCUT2D eigenvalue weighted by molar-refractivity contribution is 0.0737. The lowest BCUT2D eigenvalue weighted by Gasteiger charge is -2.11. The summed E-state index contributed by atoms with van der Waals surface area (Å²) in [6, 6.07) is 7.93. The Morgan fingerprint density at radius 3 is 2.38 bits per heavy atom. The highest BCUT2D eigenvalue weighted by Gasteiger charge is 2.20. The molecule has 0 saturated heterocycles. The average Bonchev–Trinajstić information content (AvgIpc) is 2.67. The average molecular weight is 329 g/mol. The summed E-state index contributed by atoms with van der Waals surface area (Å²) < 4.78 is 2.83. The molecule has 0 amide bonds. The highest BCUT2D eigenvalue weighted by atomic mass is 127. The van der Waals surface area contributed by atoms with Gasteiger partial charge in [0.25, 0.3) is 0 Å². The van der Waals surface area contributed by atoms with E-state index in [1.54, 1.807) is 24.7 Å². The second-order valence-corrected chi connectivity index (χ2v) is 5.33. The maximum atomic E-state index is 9.78. The van der Waals surface area contributed by atoms with E-state index in [0.717, 1.165) is 5.69 Å². The molecule has 2 rings (SSSR count). The molecule has 0 aliphatic rings. The zero-order chi connectivity index (χ0) is 11.8. The third kappa shape index (κ3) is 2.41. The van der Waals surface area contributed by atoms with E-state index < -0.39 is 5.60 Å². The molecule has 0 bridgehead atoms. The van der Waals surface area contributed by atoms with E-state index in [1.807, 2.05) is 24.3 Å². The van der Waals surface area contributed by atoms with Gasteiger partial charge >= 0.3 is 0 Å². The maximum absolute atomic E-state index is 9.78. The van der Waals surface area contributed by atoms with E-state index in [-0.39, 0.29) is 0 Å². The Hall–Kier alpha value is -0.950. The van der Waals surface area contributed by atoms with Crippen LogP contribution in [0.4, 0.5) is 0 Å². The molecular formula is C11H12IN3O. The number of benzene rings is 1. The molecule has 0 aliphatic heterocycles. The molecule has 0 saturated carbocycles. The van der Waals surface area contributed by atoms with Gasteiger partial charge in [-0.2, -0.15) is 0 Å². The van der Waals surface area contributed by atoms with Gasteiger partial charge in [0, 0.05) is 3.57 Å². The first kappa shape index (κ1) is 11.5. The van der Waals surface area contributed by atoms with Crippen LogP contribution in [0.2, 0.25) is 0 Å². The van der Waals surface area contributed by atoms with Crippen molar-refractivity contribution < 1.29 is 5.11 Å². The molecule has 1 aromatic carbocycles. The number of nitrogens with zero attached hydrogens (tertiary/aromatic N) is 3. The highest BCUT2D eigenvalue weighted by molar-refractivity contribution is 14.1. The summed E-state index contributed by atoms with van der Waals surface area (Å²) in [4.78, 5) is 0. The van der Waals surface area contributed by atoms with Gasteiger partial charge in [-0.15, -0.1) is 5.10 Å². The highest BCUT2D eigenvalue weighted by Crippen LogP contribution is 2.18. The standard InChI is InChI=1S/C11H12IN3O/c1-11(2,16)10-7-15(14-13-10)9-5-3-8(12)4-6-9/h3-7,16H,1-2H3. The lowest BCUT2D eigenvalue weighted by atomic mass is 10.1. The SMILES string of the molecule is CC(C)(O)c1cn(-c2ccc(I)cc2)nn1. The Balaban J connectivity index is 2.35. The van der Waals surface area contributed by atoms with Crippen molar-refractivity contribution in [1.82, 2.24) is 15.0 Å². The Labute approximate surface area is 107 Å². The minimum Gasteiger partial charge on any atom is -0.384 e. The summed E-state index contributed by atoms with van der Waals surface area (Å²) in [5, 5.41) is 17.7. The van der Waals surface area contributed by atoms with Gasteiger partial charge in [-0.3, -0.25) is 0 Å². The van der Waals surface area contributed by atoms with Gasteiger partial charge < -0.3 is 5.11 Å². The van der Waals surface area contributed by atoms with Gasteiger partial charge in [-0.25, -0.2) is 4.68 Å². The maximum Gasteiger partial charge on any atom is 0.114 e. The lowest BCUT2D eigenvalue weighted by Crippen LogP contribution is -2.15. The fourth-order valence-electron chi connectivity index (χ4n) is 1.26. The van der Waals surface area contributed by atoms with E-state index >= 15 is 0 Å². The summed E-state index contributed by atoms with van der Waals surface area (Å²) in [6.07, 6.45) is 1.74. The van der Waals surface area contributed by atoms with Gasteiger partial charge in [0.05, 0.1) is 11.9 Å². The van der Waals surface area contributed by atoms with Crippen LogP contribution in [0.5, 0.6) is 0 Å². The van der Waals surface area contributed by atoms with Gasteiger partial charge in [0.2, 0.25) is 0 Å².